The summed E-state index contributed by atoms with van der Waals surface area (Å²) in [5.41, 5.74) is 0.988. The number of rotatable bonds is 3. The van der Waals surface area contributed by atoms with Gasteiger partial charge in [0.2, 0.25) is 0 Å². The van der Waals surface area contributed by atoms with E-state index in [9.17, 15) is 4.79 Å². The van der Waals surface area contributed by atoms with Crippen molar-refractivity contribution >= 4 is 23.1 Å². The van der Waals surface area contributed by atoms with Crippen LogP contribution < -0.4 is 4.90 Å². The van der Waals surface area contributed by atoms with Gasteiger partial charge in [0, 0.05) is 19.2 Å². The molecule has 3 heterocycles. The number of hydrogen-bond acceptors (Lipinski definition) is 4. The largest absolute Gasteiger partial charge is 0.481 e. The summed E-state index contributed by atoms with van der Waals surface area (Å²) in [5, 5.41) is 18.5. The zero-order valence-corrected chi connectivity index (χ0v) is 11.2. The Morgan fingerprint density at radius 1 is 1.58 bits per heavy atom. The second-order valence-electron chi connectivity index (χ2n) is 4.74. The lowest BCUT2D eigenvalue weighted by molar-refractivity contribution is -0.141. The van der Waals surface area contributed by atoms with Crippen molar-refractivity contribution < 1.29 is 9.90 Å². The van der Waals surface area contributed by atoms with Crippen LogP contribution in [0.15, 0.2) is 23.6 Å². The number of carboxylic acids is 1. The first-order valence-corrected chi connectivity index (χ1v) is 7.19. The molecule has 0 spiro atoms. The number of nitrogens with zero attached hydrogens (tertiary/aromatic N) is 2. The van der Waals surface area contributed by atoms with Crippen LogP contribution in [-0.2, 0) is 4.79 Å². The average molecular weight is 277 g/mol. The predicted octanol–water partition coefficient (Wildman–Crippen LogP) is 2.44. The van der Waals surface area contributed by atoms with Crippen LogP contribution in [0.1, 0.15) is 12.8 Å². The van der Waals surface area contributed by atoms with Crippen LogP contribution in [0, 0.1) is 5.92 Å². The van der Waals surface area contributed by atoms with Crippen LogP contribution in [0.5, 0.6) is 0 Å². The number of carbonyl (C=O) groups is 1. The molecule has 0 aliphatic carbocycles. The van der Waals surface area contributed by atoms with Gasteiger partial charge >= 0.3 is 5.97 Å². The first-order chi connectivity index (χ1) is 9.24. The molecule has 0 aromatic carbocycles. The molecule has 100 valence electrons. The lowest BCUT2D eigenvalue weighted by Crippen LogP contribution is -2.38. The predicted molar refractivity (Wildman–Crippen MR) is 74.5 cm³/mol. The van der Waals surface area contributed by atoms with Crippen LogP contribution in [-0.4, -0.2) is 34.4 Å². The first kappa shape index (κ1) is 12.2. The van der Waals surface area contributed by atoms with E-state index in [0.717, 1.165) is 35.8 Å². The topological polar surface area (TPSA) is 69.2 Å². The van der Waals surface area contributed by atoms with Crippen molar-refractivity contribution in [2.24, 2.45) is 5.92 Å². The van der Waals surface area contributed by atoms with Gasteiger partial charge < -0.3 is 10.0 Å². The minimum atomic E-state index is -0.710. The molecule has 2 N–H and O–H groups in total. The summed E-state index contributed by atoms with van der Waals surface area (Å²) >= 11 is 1.66. The molecule has 6 heteroatoms. The number of anilines is 1. The molecule has 5 nitrogen and oxygen atoms in total. The van der Waals surface area contributed by atoms with Gasteiger partial charge in [-0.3, -0.25) is 9.89 Å². The number of aromatic nitrogens is 2. The lowest BCUT2D eigenvalue weighted by atomic mass is 9.98. The van der Waals surface area contributed by atoms with Gasteiger partial charge in [-0.05, 0) is 24.3 Å². The quantitative estimate of drug-likeness (QED) is 0.904. The molecule has 0 bridgehead atoms. The molecule has 1 atom stereocenters. The number of H-pyrrole nitrogens is 1. The van der Waals surface area contributed by atoms with Crippen molar-refractivity contribution in [3.8, 4) is 10.6 Å². The number of hydrogen-bond donors (Lipinski definition) is 2. The normalized spacial score (nSPS) is 19.6. The van der Waals surface area contributed by atoms with Crippen molar-refractivity contribution in [2.45, 2.75) is 12.8 Å². The number of aliphatic carboxylic acids is 1. The molecule has 0 radical (unpaired) electrons. The van der Waals surface area contributed by atoms with E-state index < -0.39 is 5.97 Å². The van der Waals surface area contributed by atoms with Crippen molar-refractivity contribution in [3.05, 3.63) is 23.6 Å². The van der Waals surface area contributed by atoms with Crippen LogP contribution in [0.3, 0.4) is 0 Å². The first-order valence-electron chi connectivity index (χ1n) is 6.31. The fourth-order valence-electron chi connectivity index (χ4n) is 2.42. The van der Waals surface area contributed by atoms with Crippen LogP contribution in [0.2, 0.25) is 0 Å². The second kappa shape index (κ2) is 5.05. The van der Waals surface area contributed by atoms with Crippen LogP contribution in [0.25, 0.3) is 10.6 Å². The Balaban J connectivity index is 1.77. The molecule has 2 aromatic rings. The number of carboxylic acid groups (broad SMARTS) is 1. The van der Waals surface area contributed by atoms with Crippen LogP contribution in [0.4, 0.5) is 5.82 Å². The third kappa shape index (κ3) is 2.49. The second-order valence-corrected chi connectivity index (χ2v) is 5.69. The zero-order chi connectivity index (χ0) is 13.2. The van der Waals surface area contributed by atoms with E-state index in [1.54, 1.807) is 11.3 Å². The molecule has 1 aliphatic rings. The SMILES string of the molecule is O=C(O)C1CCCN(c2cc(-c3cccs3)[nH]n2)C1. The Morgan fingerprint density at radius 2 is 2.47 bits per heavy atom. The van der Waals surface area contributed by atoms with E-state index in [1.165, 1.54) is 0 Å². The fourth-order valence-corrected chi connectivity index (χ4v) is 3.11. The van der Waals surface area contributed by atoms with Gasteiger partial charge in [0.1, 0.15) is 0 Å². The molecule has 2 aromatic heterocycles. The Bertz CT molecular complexity index is 564. The molecular formula is C13H15N3O2S. The molecule has 1 fully saturated rings. The molecule has 0 amide bonds. The molecule has 0 saturated carbocycles. The van der Waals surface area contributed by atoms with E-state index in [0.29, 0.717) is 6.54 Å². The Kier molecular flexibility index (Phi) is 3.25. The van der Waals surface area contributed by atoms with Gasteiger partial charge in [0.05, 0.1) is 16.5 Å². The minimum absolute atomic E-state index is 0.282. The lowest BCUT2D eigenvalue weighted by Gasteiger charge is -2.30. The summed E-state index contributed by atoms with van der Waals surface area (Å²) < 4.78 is 0. The van der Waals surface area contributed by atoms with E-state index in [4.69, 9.17) is 5.11 Å². The maximum absolute atomic E-state index is 11.1. The highest BCUT2D eigenvalue weighted by Gasteiger charge is 2.26. The Labute approximate surface area is 114 Å². The van der Waals surface area contributed by atoms with Gasteiger partial charge in [-0.2, -0.15) is 5.10 Å². The summed E-state index contributed by atoms with van der Waals surface area (Å²) in [6.45, 7) is 1.42. The van der Waals surface area contributed by atoms with E-state index in [2.05, 4.69) is 15.1 Å². The van der Waals surface area contributed by atoms with Gasteiger partial charge in [-0.1, -0.05) is 6.07 Å². The van der Waals surface area contributed by atoms with Gasteiger partial charge in [0.25, 0.3) is 0 Å². The molecule has 3 rings (SSSR count). The molecule has 19 heavy (non-hydrogen) atoms. The summed E-state index contributed by atoms with van der Waals surface area (Å²) in [4.78, 5) is 14.3. The number of nitrogens with one attached hydrogen (secondary N) is 1. The maximum atomic E-state index is 11.1. The number of aromatic amines is 1. The van der Waals surface area contributed by atoms with Crippen LogP contribution >= 0.6 is 11.3 Å². The highest BCUT2D eigenvalue weighted by molar-refractivity contribution is 7.13. The van der Waals surface area contributed by atoms with Crippen molar-refractivity contribution in [3.63, 3.8) is 0 Å². The molecule has 1 unspecified atom stereocenters. The van der Waals surface area contributed by atoms with Crippen molar-refractivity contribution in [1.82, 2.24) is 10.2 Å². The highest BCUT2D eigenvalue weighted by atomic mass is 32.1. The fraction of sp³-hybridized carbons (Fsp3) is 0.385. The molecule has 1 saturated heterocycles. The standard InChI is InChI=1S/C13H15N3O2S/c17-13(18)9-3-1-5-16(8-9)12-7-10(14-15-12)11-4-2-6-19-11/h2,4,6-7,9H,1,3,5,8H2,(H,14,15)(H,17,18). The van der Waals surface area contributed by atoms with E-state index in [-0.39, 0.29) is 5.92 Å². The van der Waals surface area contributed by atoms with E-state index >= 15 is 0 Å². The monoisotopic (exact) mass is 277 g/mol. The zero-order valence-electron chi connectivity index (χ0n) is 10.4. The molecule has 1 aliphatic heterocycles. The minimum Gasteiger partial charge on any atom is -0.481 e. The van der Waals surface area contributed by atoms with Gasteiger partial charge in [-0.25, -0.2) is 0 Å². The Hall–Kier alpha value is -1.82. The summed E-state index contributed by atoms with van der Waals surface area (Å²) in [7, 11) is 0. The number of piperidine rings is 1. The number of thiophene rings is 1. The van der Waals surface area contributed by atoms with Crippen molar-refractivity contribution in [2.75, 3.05) is 18.0 Å². The average Bonchev–Trinajstić information content (AvgIpc) is 3.09. The van der Waals surface area contributed by atoms with Gasteiger partial charge in [0.15, 0.2) is 5.82 Å². The summed E-state index contributed by atoms with van der Waals surface area (Å²) in [6, 6.07) is 6.04. The maximum Gasteiger partial charge on any atom is 0.308 e. The third-order valence-corrected chi connectivity index (χ3v) is 4.35. The molecular weight excluding hydrogens is 262 g/mol. The van der Waals surface area contributed by atoms with E-state index in [1.807, 2.05) is 23.6 Å². The smallest absolute Gasteiger partial charge is 0.308 e. The summed E-state index contributed by atoms with van der Waals surface area (Å²) in [6.07, 6.45) is 1.66. The van der Waals surface area contributed by atoms with Gasteiger partial charge in [-0.15, -0.1) is 11.3 Å². The highest BCUT2D eigenvalue weighted by Crippen LogP contribution is 2.28. The summed E-state index contributed by atoms with van der Waals surface area (Å²) in [5.74, 6) is -0.149. The Morgan fingerprint density at radius 3 is 3.21 bits per heavy atom. The van der Waals surface area contributed by atoms with Crippen molar-refractivity contribution in [1.29, 1.82) is 0 Å². The third-order valence-electron chi connectivity index (χ3n) is 3.45.